The molecule has 0 aliphatic carbocycles. The van der Waals surface area contributed by atoms with Crippen LogP contribution in [-0.4, -0.2) is 25.5 Å². The summed E-state index contributed by atoms with van der Waals surface area (Å²) in [5.41, 5.74) is 0.705. The van der Waals surface area contributed by atoms with Gasteiger partial charge in [-0.15, -0.1) is 0 Å². The molecule has 0 radical (unpaired) electrons. The van der Waals surface area contributed by atoms with Crippen molar-refractivity contribution in [1.29, 1.82) is 0 Å². The zero-order valence-electron chi connectivity index (χ0n) is 12.1. The van der Waals surface area contributed by atoms with Gasteiger partial charge < -0.3 is 5.11 Å². The van der Waals surface area contributed by atoms with Gasteiger partial charge in [0, 0.05) is 0 Å². The molecule has 0 bridgehead atoms. The molecule has 21 heavy (non-hydrogen) atoms. The number of carboxylic acid groups (broad SMARTS) is 1. The van der Waals surface area contributed by atoms with E-state index in [4.69, 9.17) is 1.37 Å². The van der Waals surface area contributed by atoms with E-state index in [9.17, 15) is 18.3 Å². The number of sulfonamides is 1. The molecule has 0 fully saturated rings. The van der Waals surface area contributed by atoms with E-state index in [0.717, 1.165) is 0 Å². The highest BCUT2D eigenvalue weighted by Gasteiger charge is 2.25. The van der Waals surface area contributed by atoms with E-state index >= 15 is 0 Å². The van der Waals surface area contributed by atoms with Crippen molar-refractivity contribution in [3.63, 3.8) is 0 Å². The van der Waals surface area contributed by atoms with Gasteiger partial charge >= 0.3 is 5.97 Å². The molecule has 2 N–H and O–H groups in total. The van der Waals surface area contributed by atoms with Crippen LogP contribution in [-0.2, 0) is 21.2 Å². The number of rotatable bonds is 6. The lowest BCUT2D eigenvalue weighted by Gasteiger charge is -2.15. The number of hydrogen-bond donors (Lipinski definition) is 2. The van der Waals surface area contributed by atoms with Crippen LogP contribution in [0.4, 0.5) is 0 Å². The van der Waals surface area contributed by atoms with Gasteiger partial charge in [0.2, 0.25) is 10.0 Å². The SMILES string of the molecule is [2H]c1ccccc1S(=O)(=O)N[C@@H](Cc1ccccc1)C(=O)O. The molecular formula is C15H15NO4S. The van der Waals surface area contributed by atoms with E-state index in [2.05, 4.69) is 4.72 Å². The number of hydrogen-bond acceptors (Lipinski definition) is 3. The van der Waals surface area contributed by atoms with Crippen molar-refractivity contribution in [2.75, 3.05) is 0 Å². The van der Waals surface area contributed by atoms with Gasteiger partial charge in [-0.25, -0.2) is 8.42 Å². The van der Waals surface area contributed by atoms with Crippen molar-refractivity contribution in [3.05, 3.63) is 66.2 Å². The molecule has 0 aromatic heterocycles. The average Bonchev–Trinajstić information content (AvgIpc) is 2.47. The summed E-state index contributed by atoms with van der Waals surface area (Å²) < 4.78 is 34.3. The Balaban J connectivity index is 2.24. The minimum absolute atomic E-state index is 0.0234. The molecule has 6 heteroatoms. The fourth-order valence-corrected chi connectivity index (χ4v) is 2.99. The Labute approximate surface area is 124 Å². The maximum absolute atomic E-state index is 12.3. The first-order valence-electron chi connectivity index (χ1n) is 6.75. The van der Waals surface area contributed by atoms with Gasteiger partial charge in [-0.3, -0.25) is 4.79 Å². The van der Waals surface area contributed by atoms with Crippen LogP contribution in [0.15, 0.2) is 65.5 Å². The van der Waals surface area contributed by atoms with Crippen molar-refractivity contribution < 1.29 is 19.7 Å². The molecule has 1 atom stereocenters. The second-order valence-corrected chi connectivity index (χ2v) is 6.11. The van der Waals surface area contributed by atoms with Crippen molar-refractivity contribution in [2.45, 2.75) is 17.4 Å². The Morgan fingerprint density at radius 2 is 1.76 bits per heavy atom. The molecule has 0 spiro atoms. The first kappa shape index (κ1) is 13.8. The molecule has 0 aliphatic rings. The Hall–Kier alpha value is -2.18. The van der Waals surface area contributed by atoms with Crippen LogP contribution in [0.5, 0.6) is 0 Å². The lowest BCUT2D eigenvalue weighted by atomic mass is 10.1. The summed E-state index contributed by atoms with van der Waals surface area (Å²) in [5.74, 6) is -1.27. The second-order valence-electron chi connectivity index (χ2n) is 4.43. The van der Waals surface area contributed by atoms with Gasteiger partial charge in [0.25, 0.3) is 0 Å². The van der Waals surface area contributed by atoms with Gasteiger partial charge in [0.05, 0.1) is 6.27 Å². The highest BCUT2D eigenvalue weighted by atomic mass is 32.2. The van der Waals surface area contributed by atoms with E-state index in [1.54, 1.807) is 36.4 Å². The first-order chi connectivity index (χ1) is 10.4. The molecule has 0 unspecified atom stereocenters. The lowest BCUT2D eigenvalue weighted by molar-refractivity contribution is -0.138. The number of benzene rings is 2. The maximum Gasteiger partial charge on any atom is 0.322 e. The zero-order chi connectivity index (χ0) is 16.2. The normalized spacial score (nSPS) is 13.4. The summed E-state index contributed by atoms with van der Waals surface area (Å²) in [6.45, 7) is 0. The van der Waals surface area contributed by atoms with Crippen LogP contribution < -0.4 is 4.72 Å². The molecule has 0 heterocycles. The molecule has 0 amide bonds. The summed E-state index contributed by atoms with van der Waals surface area (Å²) >= 11 is 0. The second kappa shape index (κ2) is 6.51. The van der Waals surface area contributed by atoms with Gasteiger partial charge in [0.15, 0.2) is 0 Å². The summed E-state index contributed by atoms with van der Waals surface area (Å²) in [6.07, 6.45) is 0.0234. The van der Waals surface area contributed by atoms with E-state index in [1.165, 1.54) is 18.2 Å². The highest BCUT2D eigenvalue weighted by Crippen LogP contribution is 2.10. The number of aliphatic carboxylic acids is 1. The molecule has 5 nitrogen and oxygen atoms in total. The van der Waals surface area contributed by atoms with E-state index in [-0.39, 0.29) is 17.4 Å². The predicted molar refractivity (Wildman–Crippen MR) is 78.3 cm³/mol. The first-order valence-corrected chi connectivity index (χ1v) is 7.73. The maximum atomic E-state index is 12.3. The minimum atomic E-state index is -4.07. The standard InChI is InChI=1S/C15H15NO4S/c17-15(18)14(11-12-7-3-1-4-8-12)16-21(19,20)13-9-5-2-6-10-13/h1-10,14,16H,11H2,(H,17,18)/t14-/m0/s1/i9D. The number of carboxylic acids is 1. The van der Waals surface area contributed by atoms with Crippen LogP contribution in [0.3, 0.4) is 0 Å². The molecule has 110 valence electrons. The van der Waals surface area contributed by atoms with Gasteiger partial charge in [0.1, 0.15) is 6.04 Å². The molecule has 2 aromatic carbocycles. The van der Waals surface area contributed by atoms with Crippen molar-refractivity contribution >= 4 is 16.0 Å². The van der Waals surface area contributed by atoms with Crippen LogP contribution >= 0.6 is 0 Å². The lowest BCUT2D eigenvalue weighted by Crippen LogP contribution is -2.42. The summed E-state index contributed by atoms with van der Waals surface area (Å²) in [5, 5.41) is 9.24. The van der Waals surface area contributed by atoms with Crippen LogP contribution in [0.2, 0.25) is 0 Å². The topological polar surface area (TPSA) is 83.5 Å². The Kier molecular flexibility index (Phi) is 4.28. The third kappa shape index (κ3) is 4.14. The third-order valence-corrected chi connectivity index (χ3v) is 4.28. The Morgan fingerprint density at radius 3 is 2.38 bits per heavy atom. The monoisotopic (exact) mass is 306 g/mol. The van der Waals surface area contributed by atoms with Crippen LogP contribution in [0.1, 0.15) is 6.93 Å². The molecule has 2 rings (SSSR count). The average molecular weight is 306 g/mol. The van der Waals surface area contributed by atoms with Gasteiger partial charge in [-0.1, -0.05) is 48.5 Å². The largest absolute Gasteiger partial charge is 0.480 e. The van der Waals surface area contributed by atoms with E-state index in [0.29, 0.717) is 5.56 Å². The fraction of sp³-hybridized carbons (Fsp3) is 0.133. The molecule has 2 aromatic rings. The highest BCUT2D eigenvalue weighted by molar-refractivity contribution is 7.89. The number of nitrogens with one attached hydrogen (secondary N) is 1. The quantitative estimate of drug-likeness (QED) is 0.850. The third-order valence-electron chi connectivity index (χ3n) is 2.85. The van der Waals surface area contributed by atoms with E-state index in [1.807, 2.05) is 0 Å². The van der Waals surface area contributed by atoms with Crippen molar-refractivity contribution in [2.24, 2.45) is 0 Å². The van der Waals surface area contributed by atoms with Gasteiger partial charge in [-0.05, 0) is 24.1 Å². The molecule has 0 aliphatic heterocycles. The zero-order valence-corrected chi connectivity index (χ0v) is 11.9. The fourth-order valence-electron chi connectivity index (χ4n) is 1.82. The Bertz CT molecular complexity index is 762. The smallest absolute Gasteiger partial charge is 0.322 e. The Morgan fingerprint density at radius 1 is 1.14 bits per heavy atom. The van der Waals surface area contributed by atoms with Crippen LogP contribution in [0, 0.1) is 0 Å². The molecule has 0 saturated carbocycles. The van der Waals surface area contributed by atoms with Gasteiger partial charge in [-0.2, -0.15) is 4.72 Å². The predicted octanol–water partition coefficient (Wildman–Crippen LogP) is 1.66. The number of carbonyl (C=O) groups is 1. The van der Waals surface area contributed by atoms with Crippen LogP contribution in [0.25, 0.3) is 0 Å². The summed E-state index contributed by atoms with van der Waals surface area (Å²) in [7, 11) is -4.07. The van der Waals surface area contributed by atoms with Crippen molar-refractivity contribution in [3.8, 4) is 0 Å². The molecular weight excluding hydrogens is 290 g/mol. The summed E-state index contributed by atoms with van der Waals surface area (Å²) in [4.78, 5) is 11.1. The summed E-state index contributed by atoms with van der Waals surface area (Å²) in [6, 6.07) is 12.9. The van der Waals surface area contributed by atoms with E-state index < -0.39 is 22.0 Å². The minimum Gasteiger partial charge on any atom is -0.480 e. The molecule has 0 saturated heterocycles. The van der Waals surface area contributed by atoms with Crippen molar-refractivity contribution in [1.82, 2.24) is 4.72 Å².